The fourth-order valence-electron chi connectivity index (χ4n) is 2.76. The second-order valence-corrected chi connectivity index (χ2v) is 5.48. The van der Waals surface area contributed by atoms with E-state index in [-0.39, 0.29) is 5.92 Å². The monoisotopic (exact) mass is 285 g/mol. The molecular formula is C16H19N3O2. The number of hydrogen-bond acceptors (Lipinski definition) is 3. The fraction of sp³-hybridized carbons (Fsp3) is 0.375. The molecule has 110 valence electrons. The van der Waals surface area contributed by atoms with Crippen LogP contribution in [0.2, 0.25) is 0 Å². The number of aliphatic carboxylic acids is 1. The Bertz CT molecular complexity index is 601. The lowest BCUT2D eigenvalue weighted by Gasteiger charge is -2.30. The lowest BCUT2D eigenvalue weighted by Crippen LogP contribution is -2.36. The minimum atomic E-state index is -0.672. The maximum Gasteiger partial charge on any atom is 0.306 e. The normalized spacial score (nSPS) is 16.1. The Morgan fingerprint density at radius 1 is 1.24 bits per heavy atom. The van der Waals surface area contributed by atoms with Crippen molar-refractivity contribution in [1.29, 1.82) is 0 Å². The molecule has 0 radical (unpaired) electrons. The third-order valence-corrected chi connectivity index (χ3v) is 4.02. The second-order valence-electron chi connectivity index (χ2n) is 5.48. The molecule has 1 fully saturated rings. The van der Waals surface area contributed by atoms with Crippen molar-refractivity contribution in [2.24, 2.45) is 5.92 Å². The van der Waals surface area contributed by atoms with Crippen molar-refractivity contribution in [2.75, 3.05) is 18.0 Å². The van der Waals surface area contributed by atoms with Crippen LogP contribution in [0.15, 0.2) is 42.7 Å². The van der Waals surface area contributed by atoms with Gasteiger partial charge < -0.3 is 10.0 Å². The smallest absolute Gasteiger partial charge is 0.306 e. The molecule has 5 heteroatoms. The molecule has 0 atom stereocenters. The van der Waals surface area contributed by atoms with Crippen molar-refractivity contribution in [3.63, 3.8) is 0 Å². The van der Waals surface area contributed by atoms with Gasteiger partial charge in [0.2, 0.25) is 0 Å². The fourth-order valence-corrected chi connectivity index (χ4v) is 2.76. The van der Waals surface area contributed by atoms with Gasteiger partial charge in [0, 0.05) is 19.3 Å². The van der Waals surface area contributed by atoms with E-state index in [1.807, 2.05) is 35.3 Å². The number of piperidine rings is 1. The zero-order chi connectivity index (χ0) is 14.7. The summed E-state index contributed by atoms with van der Waals surface area (Å²) in [5.74, 6) is -0.866. The minimum Gasteiger partial charge on any atom is -0.481 e. The Morgan fingerprint density at radius 2 is 1.95 bits per heavy atom. The van der Waals surface area contributed by atoms with Crippen LogP contribution in [0.4, 0.5) is 5.69 Å². The SMILES string of the molecule is O=C(O)C1CCN(c2cnn(Cc3ccccc3)c2)CC1. The van der Waals surface area contributed by atoms with Gasteiger partial charge in [0.25, 0.3) is 0 Å². The average molecular weight is 285 g/mol. The van der Waals surface area contributed by atoms with Gasteiger partial charge in [-0.25, -0.2) is 0 Å². The molecular weight excluding hydrogens is 266 g/mol. The number of benzene rings is 1. The standard InChI is InChI=1S/C16H19N3O2/c20-16(21)14-6-8-18(9-7-14)15-10-17-19(12-15)11-13-4-2-1-3-5-13/h1-5,10,12,14H,6-9,11H2,(H,20,21). The predicted molar refractivity (Wildman–Crippen MR) is 80.3 cm³/mol. The quantitative estimate of drug-likeness (QED) is 0.936. The van der Waals surface area contributed by atoms with Gasteiger partial charge in [-0.05, 0) is 18.4 Å². The van der Waals surface area contributed by atoms with E-state index in [0.717, 1.165) is 25.3 Å². The highest BCUT2D eigenvalue weighted by molar-refractivity contribution is 5.70. The molecule has 1 saturated heterocycles. The highest BCUT2D eigenvalue weighted by Gasteiger charge is 2.25. The average Bonchev–Trinajstić information content (AvgIpc) is 2.97. The summed E-state index contributed by atoms with van der Waals surface area (Å²) in [6, 6.07) is 10.2. The Kier molecular flexibility index (Phi) is 3.90. The van der Waals surface area contributed by atoms with Gasteiger partial charge in [-0.1, -0.05) is 30.3 Å². The largest absolute Gasteiger partial charge is 0.481 e. The lowest BCUT2D eigenvalue weighted by atomic mass is 9.97. The van der Waals surface area contributed by atoms with Gasteiger partial charge in [0.15, 0.2) is 0 Å². The Labute approximate surface area is 123 Å². The molecule has 5 nitrogen and oxygen atoms in total. The zero-order valence-electron chi connectivity index (χ0n) is 11.9. The van der Waals surface area contributed by atoms with E-state index in [9.17, 15) is 4.79 Å². The number of carboxylic acids is 1. The third-order valence-electron chi connectivity index (χ3n) is 4.02. The van der Waals surface area contributed by atoms with E-state index in [4.69, 9.17) is 5.11 Å². The number of carbonyl (C=O) groups is 1. The summed E-state index contributed by atoms with van der Waals surface area (Å²) >= 11 is 0. The number of carboxylic acid groups (broad SMARTS) is 1. The van der Waals surface area contributed by atoms with Crippen LogP contribution in [0.3, 0.4) is 0 Å². The summed E-state index contributed by atoms with van der Waals surface area (Å²) in [5, 5.41) is 13.4. The number of anilines is 1. The summed E-state index contributed by atoms with van der Waals surface area (Å²) in [6.45, 7) is 2.33. The first-order valence-electron chi connectivity index (χ1n) is 7.26. The molecule has 0 spiro atoms. The topological polar surface area (TPSA) is 58.4 Å². The van der Waals surface area contributed by atoms with Crippen LogP contribution in [-0.4, -0.2) is 33.9 Å². The predicted octanol–water partition coefficient (Wildman–Crippen LogP) is 2.23. The van der Waals surface area contributed by atoms with Crippen LogP contribution in [0.1, 0.15) is 18.4 Å². The van der Waals surface area contributed by atoms with Crippen LogP contribution >= 0.6 is 0 Å². The van der Waals surface area contributed by atoms with Crippen molar-refractivity contribution < 1.29 is 9.90 Å². The number of hydrogen-bond donors (Lipinski definition) is 1. The van der Waals surface area contributed by atoms with Crippen LogP contribution in [0, 0.1) is 5.92 Å². The van der Waals surface area contributed by atoms with Crippen molar-refractivity contribution >= 4 is 11.7 Å². The summed E-state index contributed by atoms with van der Waals surface area (Å²) in [4.78, 5) is 13.2. The second kappa shape index (κ2) is 5.99. The van der Waals surface area contributed by atoms with Gasteiger partial charge in [-0.15, -0.1) is 0 Å². The molecule has 2 heterocycles. The molecule has 1 aliphatic heterocycles. The molecule has 0 unspecified atom stereocenters. The number of rotatable bonds is 4. The van der Waals surface area contributed by atoms with E-state index in [1.165, 1.54) is 5.56 Å². The van der Waals surface area contributed by atoms with Crippen molar-refractivity contribution in [2.45, 2.75) is 19.4 Å². The molecule has 1 aliphatic rings. The summed E-state index contributed by atoms with van der Waals surface area (Å²) < 4.78 is 1.92. The Hall–Kier alpha value is -2.30. The molecule has 1 aromatic carbocycles. The Balaban J connectivity index is 1.62. The molecule has 2 aromatic rings. The van der Waals surface area contributed by atoms with Gasteiger partial charge in [-0.2, -0.15) is 5.10 Å². The summed E-state index contributed by atoms with van der Waals surface area (Å²) in [5.41, 5.74) is 2.30. The molecule has 21 heavy (non-hydrogen) atoms. The molecule has 3 rings (SSSR count). The van der Waals surface area contributed by atoms with Crippen LogP contribution < -0.4 is 4.90 Å². The van der Waals surface area contributed by atoms with Crippen LogP contribution in [-0.2, 0) is 11.3 Å². The van der Waals surface area contributed by atoms with E-state index in [1.54, 1.807) is 0 Å². The van der Waals surface area contributed by atoms with Gasteiger partial charge in [-0.3, -0.25) is 9.48 Å². The van der Waals surface area contributed by atoms with Crippen molar-refractivity contribution in [3.05, 3.63) is 48.3 Å². The first-order chi connectivity index (χ1) is 10.2. The summed E-state index contributed by atoms with van der Waals surface area (Å²) in [7, 11) is 0. The Morgan fingerprint density at radius 3 is 2.62 bits per heavy atom. The highest BCUT2D eigenvalue weighted by atomic mass is 16.4. The van der Waals surface area contributed by atoms with E-state index in [2.05, 4.69) is 22.1 Å². The maximum absolute atomic E-state index is 11.0. The van der Waals surface area contributed by atoms with Gasteiger partial charge in [0.1, 0.15) is 0 Å². The first-order valence-corrected chi connectivity index (χ1v) is 7.26. The molecule has 1 N–H and O–H groups in total. The first kappa shape index (κ1) is 13.7. The van der Waals surface area contributed by atoms with E-state index < -0.39 is 5.97 Å². The molecule has 0 aliphatic carbocycles. The third kappa shape index (κ3) is 3.24. The van der Waals surface area contributed by atoms with Crippen molar-refractivity contribution in [3.8, 4) is 0 Å². The molecule has 0 saturated carbocycles. The van der Waals surface area contributed by atoms with Gasteiger partial charge >= 0.3 is 5.97 Å². The van der Waals surface area contributed by atoms with Crippen molar-refractivity contribution in [1.82, 2.24) is 9.78 Å². The van der Waals surface area contributed by atoms with Gasteiger partial charge in [0.05, 0.1) is 24.3 Å². The number of aromatic nitrogens is 2. The van der Waals surface area contributed by atoms with E-state index >= 15 is 0 Å². The minimum absolute atomic E-state index is 0.194. The van der Waals surface area contributed by atoms with Crippen LogP contribution in [0.5, 0.6) is 0 Å². The van der Waals surface area contributed by atoms with Crippen LogP contribution in [0.25, 0.3) is 0 Å². The molecule has 0 bridgehead atoms. The van der Waals surface area contributed by atoms with E-state index in [0.29, 0.717) is 12.8 Å². The number of nitrogens with zero attached hydrogens (tertiary/aromatic N) is 3. The molecule has 1 aromatic heterocycles. The molecule has 0 amide bonds. The lowest BCUT2D eigenvalue weighted by molar-refractivity contribution is -0.142. The zero-order valence-corrected chi connectivity index (χ0v) is 11.9. The summed E-state index contributed by atoms with van der Waals surface area (Å²) in [6.07, 6.45) is 5.32. The maximum atomic E-state index is 11.0. The highest BCUT2D eigenvalue weighted by Crippen LogP contribution is 2.23.